The number of Topliss-reactive ketones (excluding diaryl/α,β-unsaturated/α-hetero) is 1. The summed E-state index contributed by atoms with van der Waals surface area (Å²) < 4.78 is 5.53. The van der Waals surface area contributed by atoms with Gasteiger partial charge in [-0.3, -0.25) is 9.59 Å². The van der Waals surface area contributed by atoms with E-state index < -0.39 is 11.3 Å². The molecule has 1 aromatic carbocycles. The van der Waals surface area contributed by atoms with Gasteiger partial charge in [0.2, 0.25) is 11.8 Å². The lowest BCUT2D eigenvalue weighted by Gasteiger charge is -2.37. The molecule has 1 atom stereocenters. The van der Waals surface area contributed by atoms with Crippen molar-refractivity contribution in [1.29, 1.82) is 5.26 Å². The van der Waals surface area contributed by atoms with Gasteiger partial charge in [0, 0.05) is 29.1 Å². The topological polar surface area (TPSA) is 105 Å². The number of ketones is 1. The summed E-state index contributed by atoms with van der Waals surface area (Å²) in [7, 11) is 0. The fraction of sp³-hybridized carbons (Fsp3) is 0.235. The third-order valence-electron chi connectivity index (χ3n) is 4.68. The van der Waals surface area contributed by atoms with E-state index in [0.29, 0.717) is 41.3 Å². The first-order chi connectivity index (χ1) is 11.5. The highest BCUT2D eigenvalue weighted by Crippen LogP contribution is 2.54. The van der Waals surface area contributed by atoms with Crippen molar-refractivity contribution in [2.24, 2.45) is 5.73 Å². The Balaban J connectivity index is 2.13. The highest BCUT2D eigenvalue weighted by molar-refractivity contribution is 6.31. The van der Waals surface area contributed by atoms with Gasteiger partial charge in [-0.1, -0.05) is 11.6 Å². The SMILES string of the molecule is N#CC1=C(N)OC2=C(C(=O)CCC2)[C@]12C(=O)Nc1ccc(Cl)cc12. The number of carbonyl (C=O) groups is 2. The molecule has 6 nitrogen and oxygen atoms in total. The molecule has 0 radical (unpaired) electrons. The number of nitrogens with two attached hydrogens (primary N) is 1. The summed E-state index contributed by atoms with van der Waals surface area (Å²) in [4.78, 5) is 25.7. The number of rotatable bonds is 0. The summed E-state index contributed by atoms with van der Waals surface area (Å²) in [5.74, 6) is -0.468. The minimum absolute atomic E-state index is 0.0741. The van der Waals surface area contributed by atoms with E-state index in [4.69, 9.17) is 22.1 Å². The Morgan fingerprint density at radius 2 is 2.12 bits per heavy atom. The van der Waals surface area contributed by atoms with Crippen LogP contribution in [0.25, 0.3) is 0 Å². The first-order valence-electron chi connectivity index (χ1n) is 7.46. The summed E-state index contributed by atoms with van der Waals surface area (Å²) in [5.41, 5.74) is 5.46. The Hall–Kier alpha value is -2.78. The van der Waals surface area contributed by atoms with Crippen LogP contribution in [0.15, 0.2) is 41.0 Å². The number of ether oxygens (including phenoxy) is 1. The lowest BCUT2D eigenvalue weighted by molar-refractivity contribution is -0.123. The number of nitrogens with zero attached hydrogens (tertiary/aromatic N) is 1. The van der Waals surface area contributed by atoms with Crippen molar-refractivity contribution in [3.05, 3.63) is 51.6 Å². The summed E-state index contributed by atoms with van der Waals surface area (Å²) in [6.45, 7) is 0. The normalized spacial score (nSPS) is 25.2. The summed E-state index contributed by atoms with van der Waals surface area (Å²) in [6.07, 6.45) is 1.41. The van der Waals surface area contributed by atoms with Gasteiger partial charge in [-0.2, -0.15) is 5.26 Å². The highest BCUT2D eigenvalue weighted by atomic mass is 35.5. The molecule has 24 heavy (non-hydrogen) atoms. The van der Waals surface area contributed by atoms with Crippen LogP contribution in [0.1, 0.15) is 24.8 Å². The molecule has 1 aromatic rings. The molecular weight excluding hydrogens is 330 g/mol. The van der Waals surface area contributed by atoms with Crippen molar-refractivity contribution < 1.29 is 14.3 Å². The summed E-state index contributed by atoms with van der Waals surface area (Å²) in [6, 6.07) is 6.85. The molecule has 7 heteroatoms. The van der Waals surface area contributed by atoms with E-state index in [1.165, 1.54) is 0 Å². The first-order valence-corrected chi connectivity index (χ1v) is 7.84. The van der Waals surface area contributed by atoms with Gasteiger partial charge in [0.1, 0.15) is 22.8 Å². The van der Waals surface area contributed by atoms with Gasteiger partial charge in [-0.25, -0.2) is 0 Å². The predicted molar refractivity (Wildman–Crippen MR) is 85.6 cm³/mol. The molecule has 0 saturated carbocycles. The second-order valence-electron chi connectivity index (χ2n) is 5.92. The van der Waals surface area contributed by atoms with Crippen molar-refractivity contribution in [1.82, 2.24) is 0 Å². The number of benzene rings is 1. The number of nitriles is 1. The smallest absolute Gasteiger partial charge is 0.245 e. The molecule has 3 aliphatic rings. The first kappa shape index (κ1) is 14.8. The van der Waals surface area contributed by atoms with Crippen molar-refractivity contribution in [2.45, 2.75) is 24.7 Å². The van der Waals surface area contributed by atoms with Gasteiger partial charge >= 0.3 is 0 Å². The number of anilines is 1. The van der Waals surface area contributed by atoms with E-state index in [9.17, 15) is 14.9 Å². The van der Waals surface area contributed by atoms with E-state index in [0.717, 1.165) is 0 Å². The van der Waals surface area contributed by atoms with E-state index in [1.54, 1.807) is 18.2 Å². The van der Waals surface area contributed by atoms with Crippen molar-refractivity contribution in [3.8, 4) is 6.07 Å². The van der Waals surface area contributed by atoms with Crippen LogP contribution in [0.5, 0.6) is 0 Å². The quantitative estimate of drug-likeness (QED) is 0.753. The van der Waals surface area contributed by atoms with Crippen LogP contribution in [-0.2, 0) is 19.7 Å². The van der Waals surface area contributed by atoms with Crippen LogP contribution in [0.2, 0.25) is 5.02 Å². The Kier molecular flexibility index (Phi) is 2.99. The fourth-order valence-corrected chi connectivity index (χ4v) is 3.91. The number of hydrogen-bond donors (Lipinski definition) is 2. The molecule has 4 rings (SSSR count). The van der Waals surface area contributed by atoms with E-state index in [-0.39, 0.29) is 22.8 Å². The average molecular weight is 342 g/mol. The number of amides is 1. The Morgan fingerprint density at radius 3 is 2.88 bits per heavy atom. The Bertz CT molecular complexity index is 925. The van der Waals surface area contributed by atoms with Crippen LogP contribution < -0.4 is 11.1 Å². The second kappa shape index (κ2) is 4.86. The van der Waals surface area contributed by atoms with E-state index >= 15 is 0 Å². The largest absolute Gasteiger partial charge is 0.444 e. The number of allylic oxidation sites excluding steroid dienone is 1. The molecule has 0 unspecified atom stereocenters. The minimum atomic E-state index is -1.58. The zero-order chi connectivity index (χ0) is 17.1. The molecule has 1 amide bonds. The summed E-state index contributed by atoms with van der Waals surface area (Å²) in [5, 5.41) is 12.8. The molecular formula is C17H12ClN3O3. The van der Waals surface area contributed by atoms with Gasteiger partial charge < -0.3 is 15.8 Å². The molecule has 0 saturated heterocycles. The zero-order valence-corrected chi connectivity index (χ0v) is 13.2. The fourth-order valence-electron chi connectivity index (χ4n) is 3.74. The molecule has 120 valence electrons. The second-order valence-corrected chi connectivity index (χ2v) is 6.36. The number of carbonyl (C=O) groups excluding carboxylic acids is 2. The standard InChI is InChI=1S/C17H12ClN3O3/c18-8-4-5-11-9(6-8)17(16(23)21-11)10(7-19)15(20)24-13-3-1-2-12(22)14(13)17/h4-6H,1-3,20H2,(H,21,23)/t17-/m1/s1. The van der Waals surface area contributed by atoms with Crippen molar-refractivity contribution >= 4 is 29.0 Å². The monoisotopic (exact) mass is 341 g/mol. The molecule has 2 heterocycles. The summed E-state index contributed by atoms with van der Waals surface area (Å²) >= 11 is 6.11. The molecule has 1 spiro atoms. The molecule has 1 aliphatic carbocycles. The van der Waals surface area contributed by atoms with Crippen LogP contribution in [-0.4, -0.2) is 11.7 Å². The van der Waals surface area contributed by atoms with Crippen LogP contribution in [0, 0.1) is 11.3 Å². The predicted octanol–water partition coefficient (Wildman–Crippen LogP) is 2.26. The third kappa shape index (κ3) is 1.65. The van der Waals surface area contributed by atoms with Gasteiger partial charge in [0.25, 0.3) is 0 Å². The van der Waals surface area contributed by atoms with Gasteiger partial charge in [-0.15, -0.1) is 0 Å². The van der Waals surface area contributed by atoms with E-state index in [1.807, 2.05) is 6.07 Å². The van der Waals surface area contributed by atoms with Gasteiger partial charge in [0.05, 0.1) is 5.57 Å². The zero-order valence-electron chi connectivity index (χ0n) is 12.5. The molecule has 3 N–H and O–H groups in total. The maximum atomic E-state index is 13.0. The Morgan fingerprint density at radius 1 is 1.33 bits per heavy atom. The van der Waals surface area contributed by atoms with Crippen LogP contribution in [0.4, 0.5) is 5.69 Å². The molecule has 0 aromatic heterocycles. The van der Waals surface area contributed by atoms with Crippen molar-refractivity contribution in [3.63, 3.8) is 0 Å². The van der Waals surface area contributed by atoms with Gasteiger partial charge in [0.15, 0.2) is 5.78 Å². The number of nitrogens with one attached hydrogen (secondary N) is 1. The lowest BCUT2D eigenvalue weighted by atomic mass is 9.65. The molecule has 0 fully saturated rings. The highest BCUT2D eigenvalue weighted by Gasteiger charge is 2.59. The number of halogens is 1. The van der Waals surface area contributed by atoms with Gasteiger partial charge in [-0.05, 0) is 24.6 Å². The number of hydrogen-bond acceptors (Lipinski definition) is 5. The van der Waals surface area contributed by atoms with Crippen LogP contribution in [0.3, 0.4) is 0 Å². The third-order valence-corrected chi connectivity index (χ3v) is 4.92. The molecule has 2 aliphatic heterocycles. The van der Waals surface area contributed by atoms with Crippen molar-refractivity contribution in [2.75, 3.05) is 5.32 Å². The molecule has 0 bridgehead atoms. The average Bonchev–Trinajstić information content (AvgIpc) is 2.81. The maximum Gasteiger partial charge on any atom is 0.245 e. The lowest BCUT2D eigenvalue weighted by Crippen LogP contribution is -2.46. The number of fused-ring (bicyclic) bond motifs is 3. The Labute approximate surface area is 142 Å². The maximum absolute atomic E-state index is 13.0. The minimum Gasteiger partial charge on any atom is -0.444 e. The van der Waals surface area contributed by atoms with Crippen LogP contribution >= 0.6 is 11.6 Å². The van der Waals surface area contributed by atoms with E-state index in [2.05, 4.69) is 5.32 Å².